The molecule has 0 spiro atoms. The summed E-state index contributed by atoms with van der Waals surface area (Å²) in [6, 6.07) is 17.6. The molecule has 1 amide bonds. The van der Waals surface area contributed by atoms with Crippen LogP contribution in [0.15, 0.2) is 70.9 Å². The van der Waals surface area contributed by atoms with Crippen molar-refractivity contribution in [1.29, 1.82) is 0 Å². The Hall–Kier alpha value is -3.73. The molecule has 0 aliphatic carbocycles. The molecule has 12 heteroatoms. The summed E-state index contributed by atoms with van der Waals surface area (Å²) in [5.41, 5.74) is 4.64. The lowest BCUT2D eigenvalue weighted by molar-refractivity contribution is -0.118. The number of carbonyl (C=O) groups excluding carboxylic acids is 1. The van der Waals surface area contributed by atoms with E-state index in [4.69, 9.17) is 32.7 Å². The van der Waals surface area contributed by atoms with Crippen molar-refractivity contribution in [3.63, 3.8) is 0 Å². The van der Waals surface area contributed by atoms with Crippen molar-refractivity contribution in [2.75, 3.05) is 20.0 Å². The first-order valence-corrected chi connectivity index (χ1v) is 12.5. The highest BCUT2D eigenvalue weighted by molar-refractivity contribution is 7.99. The van der Waals surface area contributed by atoms with Gasteiger partial charge >= 0.3 is 0 Å². The lowest BCUT2D eigenvalue weighted by atomic mass is 10.2. The van der Waals surface area contributed by atoms with Gasteiger partial charge in [-0.15, -0.1) is 10.2 Å². The Labute approximate surface area is 227 Å². The van der Waals surface area contributed by atoms with Crippen LogP contribution < -0.4 is 14.9 Å². The first-order chi connectivity index (χ1) is 17.9. The molecular weight excluding hydrogens is 537 g/mol. The molecule has 0 aliphatic rings. The molecule has 190 valence electrons. The SMILES string of the molecule is COc1cc(/C=N/NC(=O)CSc2nnc(-c3ccc(Cl)cc3)n2-c2ccc(Cl)cc2)cc(OC)c1O. The number of rotatable bonds is 9. The van der Waals surface area contributed by atoms with Gasteiger partial charge < -0.3 is 14.6 Å². The Bertz CT molecular complexity index is 1400. The van der Waals surface area contributed by atoms with Crippen LogP contribution in [0.4, 0.5) is 0 Å². The topological polar surface area (TPSA) is 111 Å². The predicted octanol–water partition coefficient (Wildman–Crippen LogP) is 5.21. The largest absolute Gasteiger partial charge is 0.502 e. The number of thioether (sulfide) groups is 1. The fraction of sp³-hybridized carbons (Fsp3) is 0.120. The number of amides is 1. The second-order valence-electron chi connectivity index (χ2n) is 7.48. The van der Waals surface area contributed by atoms with Gasteiger partial charge in [0.25, 0.3) is 5.91 Å². The van der Waals surface area contributed by atoms with E-state index >= 15 is 0 Å². The number of benzene rings is 3. The smallest absolute Gasteiger partial charge is 0.250 e. The van der Waals surface area contributed by atoms with Crippen LogP contribution in [0.1, 0.15) is 5.56 Å². The molecule has 0 fully saturated rings. The molecule has 0 bridgehead atoms. The molecule has 1 aromatic heterocycles. The molecule has 2 N–H and O–H groups in total. The summed E-state index contributed by atoms with van der Waals surface area (Å²) in [5.74, 6) is 0.603. The Morgan fingerprint density at radius 2 is 1.62 bits per heavy atom. The average Bonchev–Trinajstić information content (AvgIpc) is 3.33. The van der Waals surface area contributed by atoms with Crippen molar-refractivity contribution in [3.05, 3.63) is 76.3 Å². The molecule has 0 radical (unpaired) electrons. The summed E-state index contributed by atoms with van der Waals surface area (Å²) in [7, 11) is 2.85. The third kappa shape index (κ3) is 6.34. The van der Waals surface area contributed by atoms with Crippen molar-refractivity contribution < 1.29 is 19.4 Å². The zero-order valence-corrected chi connectivity index (χ0v) is 22.0. The molecule has 4 aromatic rings. The molecule has 0 saturated heterocycles. The molecule has 1 heterocycles. The monoisotopic (exact) mass is 557 g/mol. The Kier molecular flexibility index (Phi) is 8.54. The molecule has 4 rings (SSSR count). The van der Waals surface area contributed by atoms with Gasteiger partial charge in [-0.1, -0.05) is 35.0 Å². The van der Waals surface area contributed by atoms with Gasteiger partial charge in [-0.2, -0.15) is 5.10 Å². The summed E-state index contributed by atoms with van der Waals surface area (Å²) in [5, 5.41) is 24.4. The summed E-state index contributed by atoms with van der Waals surface area (Å²) >= 11 is 13.3. The van der Waals surface area contributed by atoms with E-state index in [1.54, 1.807) is 36.4 Å². The van der Waals surface area contributed by atoms with Gasteiger partial charge in [0.05, 0.1) is 26.2 Å². The Morgan fingerprint density at radius 1 is 1.03 bits per heavy atom. The minimum atomic E-state index is -0.349. The number of aromatic hydroxyl groups is 1. The zero-order valence-electron chi connectivity index (χ0n) is 19.7. The highest BCUT2D eigenvalue weighted by atomic mass is 35.5. The third-order valence-corrected chi connectivity index (χ3v) is 6.49. The number of phenols is 1. The number of ether oxygens (including phenoxy) is 2. The van der Waals surface area contributed by atoms with Gasteiger partial charge in [0.2, 0.25) is 5.75 Å². The number of nitrogens with one attached hydrogen (secondary N) is 1. The van der Waals surface area contributed by atoms with Crippen molar-refractivity contribution >= 4 is 47.1 Å². The molecule has 3 aromatic carbocycles. The predicted molar refractivity (Wildman–Crippen MR) is 144 cm³/mol. The van der Waals surface area contributed by atoms with Gasteiger partial charge in [0.15, 0.2) is 22.5 Å². The minimum Gasteiger partial charge on any atom is -0.502 e. The second-order valence-corrected chi connectivity index (χ2v) is 9.30. The number of halogens is 2. The molecule has 0 atom stereocenters. The van der Waals surface area contributed by atoms with Gasteiger partial charge in [-0.3, -0.25) is 9.36 Å². The van der Waals surface area contributed by atoms with Gasteiger partial charge in [-0.05, 0) is 60.7 Å². The average molecular weight is 558 g/mol. The quantitative estimate of drug-likeness (QED) is 0.165. The lowest BCUT2D eigenvalue weighted by Crippen LogP contribution is -2.20. The van der Waals surface area contributed by atoms with E-state index in [-0.39, 0.29) is 28.9 Å². The van der Waals surface area contributed by atoms with Crippen LogP contribution in [-0.4, -0.2) is 52.0 Å². The number of methoxy groups -OCH3 is 2. The number of nitrogens with zero attached hydrogens (tertiary/aromatic N) is 4. The standard InChI is InChI=1S/C25H21Cl2N5O4S/c1-35-20-11-15(12-21(36-2)23(20)34)13-28-29-22(33)14-37-25-31-30-24(16-3-5-17(26)6-4-16)32(25)19-9-7-18(27)8-10-19/h3-13,34H,14H2,1-2H3,(H,29,33)/b28-13+. The zero-order chi connectivity index (χ0) is 26.4. The van der Waals surface area contributed by atoms with E-state index in [0.717, 1.165) is 11.3 Å². The van der Waals surface area contributed by atoms with Crippen LogP contribution in [-0.2, 0) is 4.79 Å². The summed E-state index contributed by atoms with van der Waals surface area (Å²) in [6.45, 7) is 0. The Morgan fingerprint density at radius 3 is 2.22 bits per heavy atom. The summed E-state index contributed by atoms with van der Waals surface area (Å²) < 4.78 is 12.1. The van der Waals surface area contributed by atoms with E-state index in [2.05, 4.69) is 20.7 Å². The molecule has 9 nitrogen and oxygen atoms in total. The van der Waals surface area contributed by atoms with Crippen molar-refractivity contribution in [3.8, 4) is 34.3 Å². The van der Waals surface area contributed by atoms with Crippen molar-refractivity contribution in [2.24, 2.45) is 5.10 Å². The molecular formula is C25H21Cl2N5O4S. The maximum atomic E-state index is 12.5. The van der Waals surface area contributed by atoms with E-state index in [9.17, 15) is 9.90 Å². The van der Waals surface area contributed by atoms with E-state index in [1.165, 1.54) is 32.2 Å². The highest BCUT2D eigenvalue weighted by Gasteiger charge is 2.17. The van der Waals surface area contributed by atoms with E-state index < -0.39 is 0 Å². The fourth-order valence-corrected chi connectivity index (χ4v) is 4.30. The Balaban J connectivity index is 1.49. The normalized spacial score (nSPS) is 11.0. The maximum Gasteiger partial charge on any atom is 0.250 e. The van der Waals surface area contributed by atoms with Crippen LogP contribution in [0.2, 0.25) is 10.0 Å². The van der Waals surface area contributed by atoms with Gasteiger partial charge in [0, 0.05) is 26.9 Å². The van der Waals surface area contributed by atoms with E-state index in [1.807, 2.05) is 28.8 Å². The minimum absolute atomic E-state index is 0.0336. The lowest BCUT2D eigenvalue weighted by Gasteiger charge is -2.10. The first kappa shape index (κ1) is 26.3. The maximum absolute atomic E-state index is 12.5. The van der Waals surface area contributed by atoms with Crippen molar-refractivity contribution in [1.82, 2.24) is 20.2 Å². The molecule has 0 saturated carbocycles. The van der Waals surface area contributed by atoms with Crippen LogP contribution in [0.5, 0.6) is 17.2 Å². The van der Waals surface area contributed by atoms with Crippen LogP contribution >= 0.6 is 35.0 Å². The number of phenolic OH excluding ortho intramolecular Hbond substituents is 1. The molecule has 0 aliphatic heterocycles. The van der Waals surface area contributed by atoms with Crippen LogP contribution in [0.3, 0.4) is 0 Å². The summed E-state index contributed by atoms with van der Waals surface area (Å²) in [4.78, 5) is 12.5. The number of aromatic nitrogens is 3. The fourth-order valence-electron chi connectivity index (χ4n) is 3.30. The number of hydrogen-bond acceptors (Lipinski definition) is 8. The second kappa shape index (κ2) is 12.0. The first-order valence-electron chi connectivity index (χ1n) is 10.8. The highest BCUT2D eigenvalue weighted by Crippen LogP contribution is 2.36. The number of hydrazone groups is 1. The van der Waals surface area contributed by atoms with Crippen LogP contribution in [0, 0.1) is 0 Å². The number of hydrogen-bond donors (Lipinski definition) is 2. The number of carbonyl (C=O) groups is 1. The van der Waals surface area contributed by atoms with Gasteiger partial charge in [-0.25, -0.2) is 5.43 Å². The van der Waals surface area contributed by atoms with Gasteiger partial charge in [0.1, 0.15) is 0 Å². The van der Waals surface area contributed by atoms with Crippen LogP contribution in [0.25, 0.3) is 17.1 Å². The van der Waals surface area contributed by atoms with E-state index in [0.29, 0.717) is 26.6 Å². The summed E-state index contributed by atoms with van der Waals surface area (Å²) in [6.07, 6.45) is 1.42. The molecule has 0 unspecified atom stereocenters. The third-order valence-electron chi connectivity index (χ3n) is 5.06. The van der Waals surface area contributed by atoms with Crippen molar-refractivity contribution in [2.45, 2.75) is 5.16 Å². The molecule has 37 heavy (non-hydrogen) atoms.